The van der Waals surface area contributed by atoms with Gasteiger partial charge >= 0.3 is 0 Å². The molecule has 1 aliphatic rings. The van der Waals surface area contributed by atoms with Gasteiger partial charge in [0, 0.05) is 6.61 Å². The van der Waals surface area contributed by atoms with Crippen molar-refractivity contribution in [1.29, 1.82) is 0 Å². The van der Waals surface area contributed by atoms with Gasteiger partial charge in [0.05, 0.1) is 6.61 Å². The summed E-state index contributed by atoms with van der Waals surface area (Å²) in [5.41, 5.74) is 0. The number of halogens is 3. The number of aliphatic hydroxyl groups is 2. The quantitative estimate of drug-likeness (QED) is 0.411. The maximum Gasteiger partial charge on any atom is 0.272 e. The summed E-state index contributed by atoms with van der Waals surface area (Å²) in [5, 5.41) is 23.3. The van der Waals surface area contributed by atoms with E-state index in [2.05, 4.69) is 39.2 Å². The molecular formula is C16H30Cl3NO6Si. The first kappa shape index (κ1) is 25.4. The minimum absolute atomic E-state index is 0.0224. The van der Waals surface area contributed by atoms with Gasteiger partial charge in [0.15, 0.2) is 14.6 Å². The molecule has 0 aromatic heterocycles. The fourth-order valence-corrected chi connectivity index (χ4v) is 3.45. The third-order valence-corrected chi connectivity index (χ3v) is 10.0. The van der Waals surface area contributed by atoms with E-state index < -0.39 is 48.7 Å². The molecule has 5 atom stereocenters. The zero-order valence-electron chi connectivity index (χ0n) is 16.5. The Morgan fingerprint density at radius 2 is 1.74 bits per heavy atom. The first-order chi connectivity index (χ1) is 12.1. The Balaban J connectivity index is 2.89. The van der Waals surface area contributed by atoms with Gasteiger partial charge in [-0.05, 0) is 25.1 Å². The summed E-state index contributed by atoms with van der Waals surface area (Å²) >= 11 is 16.7. The molecular weight excluding hydrogens is 437 g/mol. The molecule has 3 N–H and O–H groups in total. The first-order valence-electron chi connectivity index (χ1n) is 8.76. The SMILES string of the molecule is CCO[C@@H]1O[C@H](CO[Si](C)(C)C(C)(C)C)[C@H](O)[C@H](O)[C@H]1NC(=O)C(Cl)(Cl)Cl. The molecule has 1 aliphatic heterocycles. The highest BCUT2D eigenvalue weighted by molar-refractivity contribution is 6.76. The van der Waals surface area contributed by atoms with Crippen LogP contribution in [0.1, 0.15) is 27.7 Å². The highest BCUT2D eigenvalue weighted by Crippen LogP contribution is 2.37. The molecule has 7 nitrogen and oxygen atoms in total. The maximum atomic E-state index is 12.0. The number of alkyl halides is 3. The number of ether oxygens (including phenoxy) is 2. The van der Waals surface area contributed by atoms with Crippen LogP contribution >= 0.6 is 34.8 Å². The minimum atomic E-state index is -2.22. The summed E-state index contributed by atoms with van der Waals surface area (Å²) in [5.74, 6) is -0.951. The van der Waals surface area contributed by atoms with Gasteiger partial charge in [-0.15, -0.1) is 0 Å². The monoisotopic (exact) mass is 465 g/mol. The molecule has 1 rings (SSSR count). The van der Waals surface area contributed by atoms with Crippen molar-refractivity contribution in [3.63, 3.8) is 0 Å². The number of nitrogens with one attached hydrogen (secondary N) is 1. The Labute approximate surface area is 176 Å². The summed E-state index contributed by atoms with van der Waals surface area (Å²) in [6.45, 7) is 12.5. The average molecular weight is 467 g/mol. The fourth-order valence-electron chi connectivity index (χ4n) is 2.27. The number of carbonyl (C=O) groups is 1. The van der Waals surface area contributed by atoms with E-state index in [-0.39, 0.29) is 18.3 Å². The standard InChI is InChI=1S/C16H30Cl3NO6Si/c1-7-24-13-10(20-14(23)16(17,18)19)12(22)11(21)9(26-13)8-25-27(5,6)15(2,3)4/h9-13,21-22H,7-8H2,1-6H3,(H,20,23)/t9-,10-,11+,12-,13-/m1/s1. The zero-order chi connectivity index (χ0) is 21.2. The predicted molar refractivity (Wildman–Crippen MR) is 108 cm³/mol. The van der Waals surface area contributed by atoms with Crippen LogP contribution in [-0.4, -0.2) is 72.1 Å². The van der Waals surface area contributed by atoms with Gasteiger partial charge in [-0.2, -0.15) is 0 Å². The highest BCUT2D eigenvalue weighted by Gasteiger charge is 2.48. The van der Waals surface area contributed by atoms with E-state index >= 15 is 0 Å². The molecule has 0 aromatic carbocycles. The lowest BCUT2D eigenvalue weighted by Gasteiger charge is -2.44. The van der Waals surface area contributed by atoms with Crippen molar-refractivity contribution in [3.05, 3.63) is 0 Å². The van der Waals surface area contributed by atoms with E-state index in [4.69, 9.17) is 48.7 Å². The third-order valence-electron chi connectivity index (χ3n) is 5.00. The Bertz CT molecular complexity index is 511. The number of aliphatic hydroxyl groups excluding tert-OH is 2. The van der Waals surface area contributed by atoms with Gasteiger partial charge in [0.25, 0.3) is 9.70 Å². The summed E-state index contributed by atoms with van der Waals surface area (Å²) in [6, 6.07) is -1.10. The van der Waals surface area contributed by atoms with Gasteiger partial charge in [-0.3, -0.25) is 4.79 Å². The summed E-state index contributed by atoms with van der Waals surface area (Å²) in [7, 11) is -2.08. The molecule has 1 amide bonds. The van der Waals surface area contributed by atoms with Crippen LogP contribution in [0.5, 0.6) is 0 Å². The van der Waals surface area contributed by atoms with Crippen molar-refractivity contribution >= 4 is 49.0 Å². The maximum absolute atomic E-state index is 12.0. The molecule has 0 spiro atoms. The molecule has 11 heteroatoms. The van der Waals surface area contributed by atoms with Crippen LogP contribution in [0, 0.1) is 0 Å². The molecule has 0 radical (unpaired) electrons. The number of hydrogen-bond acceptors (Lipinski definition) is 6. The van der Waals surface area contributed by atoms with Crippen LogP contribution in [0.15, 0.2) is 0 Å². The normalized spacial score (nSPS) is 30.3. The summed E-state index contributed by atoms with van der Waals surface area (Å²) < 4.78 is 15.1. The second-order valence-corrected chi connectivity index (χ2v) is 15.1. The minimum Gasteiger partial charge on any atom is -0.414 e. The number of amides is 1. The van der Waals surface area contributed by atoms with Gasteiger partial charge < -0.3 is 29.4 Å². The van der Waals surface area contributed by atoms with Gasteiger partial charge in [0.1, 0.15) is 24.4 Å². The Hall–Kier alpha value is 0.357. The van der Waals surface area contributed by atoms with Gasteiger partial charge in [-0.25, -0.2) is 0 Å². The smallest absolute Gasteiger partial charge is 0.272 e. The molecule has 1 saturated heterocycles. The third kappa shape index (κ3) is 6.69. The number of rotatable bonds is 6. The lowest BCUT2D eigenvalue weighted by Crippen LogP contribution is -2.66. The molecule has 1 fully saturated rings. The van der Waals surface area contributed by atoms with Crippen molar-refractivity contribution in [2.45, 2.75) is 80.3 Å². The molecule has 0 bridgehead atoms. The van der Waals surface area contributed by atoms with E-state index in [1.807, 2.05) is 0 Å². The fraction of sp³-hybridized carbons (Fsp3) is 0.938. The zero-order valence-corrected chi connectivity index (χ0v) is 19.7. The van der Waals surface area contributed by atoms with Crippen molar-refractivity contribution in [1.82, 2.24) is 5.32 Å². The Morgan fingerprint density at radius 3 is 2.19 bits per heavy atom. The molecule has 27 heavy (non-hydrogen) atoms. The van der Waals surface area contributed by atoms with Crippen LogP contribution in [0.2, 0.25) is 18.1 Å². The van der Waals surface area contributed by atoms with Crippen LogP contribution in [-0.2, 0) is 18.7 Å². The molecule has 0 unspecified atom stereocenters. The van der Waals surface area contributed by atoms with E-state index in [1.54, 1.807) is 6.92 Å². The van der Waals surface area contributed by atoms with Crippen LogP contribution < -0.4 is 5.32 Å². The molecule has 0 aliphatic carbocycles. The molecule has 0 saturated carbocycles. The van der Waals surface area contributed by atoms with Crippen LogP contribution in [0.3, 0.4) is 0 Å². The molecule has 160 valence electrons. The van der Waals surface area contributed by atoms with Crippen molar-refractivity contribution in [3.8, 4) is 0 Å². The van der Waals surface area contributed by atoms with Crippen molar-refractivity contribution in [2.75, 3.05) is 13.2 Å². The lowest BCUT2D eigenvalue weighted by molar-refractivity contribution is -0.268. The van der Waals surface area contributed by atoms with Gasteiger partial charge in [-0.1, -0.05) is 55.6 Å². The number of carbonyl (C=O) groups excluding carboxylic acids is 1. The molecule has 1 heterocycles. The van der Waals surface area contributed by atoms with Gasteiger partial charge in [0.2, 0.25) is 0 Å². The Kier molecular flexibility index (Phi) is 8.88. The second kappa shape index (κ2) is 9.45. The summed E-state index contributed by atoms with van der Waals surface area (Å²) in [6.07, 6.45) is -4.56. The van der Waals surface area contributed by atoms with E-state index in [0.29, 0.717) is 0 Å². The number of hydrogen-bond donors (Lipinski definition) is 3. The topological polar surface area (TPSA) is 97.2 Å². The van der Waals surface area contributed by atoms with Crippen LogP contribution in [0.25, 0.3) is 0 Å². The van der Waals surface area contributed by atoms with Crippen molar-refractivity contribution < 1.29 is 28.9 Å². The van der Waals surface area contributed by atoms with E-state index in [0.717, 1.165) is 0 Å². The Morgan fingerprint density at radius 1 is 1.19 bits per heavy atom. The first-order valence-corrected chi connectivity index (χ1v) is 12.8. The van der Waals surface area contributed by atoms with E-state index in [1.165, 1.54) is 0 Å². The lowest BCUT2D eigenvalue weighted by atomic mass is 9.97. The predicted octanol–water partition coefficient (Wildman–Crippen LogP) is 2.35. The molecule has 0 aromatic rings. The average Bonchev–Trinajstić information content (AvgIpc) is 2.51. The van der Waals surface area contributed by atoms with Crippen molar-refractivity contribution in [2.24, 2.45) is 0 Å². The second-order valence-electron chi connectivity index (χ2n) is 8.05. The summed E-state index contributed by atoms with van der Waals surface area (Å²) in [4.78, 5) is 12.0. The largest absolute Gasteiger partial charge is 0.414 e. The van der Waals surface area contributed by atoms with Crippen LogP contribution in [0.4, 0.5) is 0 Å². The highest BCUT2D eigenvalue weighted by atomic mass is 35.6. The van der Waals surface area contributed by atoms with E-state index in [9.17, 15) is 15.0 Å².